The van der Waals surface area contributed by atoms with E-state index in [1.165, 1.54) is 0 Å². The molecular formula is C25H24N2O3S. The van der Waals surface area contributed by atoms with Gasteiger partial charge in [-0.3, -0.25) is 14.5 Å². The Morgan fingerprint density at radius 1 is 1.10 bits per heavy atom. The van der Waals surface area contributed by atoms with Crippen LogP contribution in [-0.4, -0.2) is 24.2 Å². The number of anilines is 2. The van der Waals surface area contributed by atoms with Gasteiger partial charge in [-0.15, -0.1) is 11.8 Å². The molecule has 1 aliphatic heterocycles. The lowest BCUT2D eigenvalue weighted by Gasteiger charge is -2.26. The highest BCUT2D eigenvalue weighted by Crippen LogP contribution is 2.45. The third-order valence-corrected chi connectivity index (χ3v) is 6.32. The van der Waals surface area contributed by atoms with Crippen molar-refractivity contribution in [3.63, 3.8) is 0 Å². The van der Waals surface area contributed by atoms with Crippen molar-refractivity contribution in [2.75, 3.05) is 22.6 Å². The maximum Gasteiger partial charge on any atom is 0.255 e. The molecule has 1 N–H and O–H groups in total. The lowest BCUT2D eigenvalue weighted by atomic mass is 10.1. The molecule has 0 aromatic heterocycles. The fourth-order valence-corrected chi connectivity index (χ4v) is 4.82. The third-order valence-electron chi connectivity index (χ3n) is 5.11. The number of nitrogens with zero attached hydrogens (tertiary/aromatic N) is 1. The smallest absolute Gasteiger partial charge is 0.255 e. The molecule has 5 nitrogen and oxygen atoms in total. The molecule has 6 heteroatoms. The molecule has 3 aromatic rings. The zero-order valence-corrected chi connectivity index (χ0v) is 18.3. The molecule has 31 heavy (non-hydrogen) atoms. The molecular weight excluding hydrogens is 408 g/mol. The van der Waals surface area contributed by atoms with Gasteiger partial charge in [0.25, 0.3) is 5.91 Å². The number of para-hydroxylation sites is 2. The number of carbonyl (C=O) groups is 2. The van der Waals surface area contributed by atoms with Gasteiger partial charge in [-0.2, -0.15) is 0 Å². The van der Waals surface area contributed by atoms with Gasteiger partial charge in [-0.1, -0.05) is 42.5 Å². The molecule has 0 spiro atoms. The highest BCUT2D eigenvalue weighted by molar-refractivity contribution is 8.00. The normalized spacial score (nSPS) is 15.7. The highest BCUT2D eigenvalue weighted by Gasteiger charge is 2.35. The van der Waals surface area contributed by atoms with E-state index < -0.39 is 0 Å². The average molecular weight is 433 g/mol. The molecule has 1 heterocycles. The summed E-state index contributed by atoms with van der Waals surface area (Å²) in [5, 5.41) is 2.79. The lowest BCUT2D eigenvalue weighted by Crippen LogP contribution is -2.28. The van der Waals surface area contributed by atoms with E-state index in [0.717, 1.165) is 16.8 Å². The minimum absolute atomic E-state index is 0.0384. The summed E-state index contributed by atoms with van der Waals surface area (Å²) in [6, 6.07) is 22.8. The Hall–Kier alpha value is -3.25. The van der Waals surface area contributed by atoms with Gasteiger partial charge in [-0.05, 0) is 55.3 Å². The van der Waals surface area contributed by atoms with Gasteiger partial charge in [0, 0.05) is 11.3 Å². The molecule has 0 aliphatic carbocycles. The SMILES string of the molecule is CCOc1ccccc1N1C(=O)CSC1c1cccc(NC(=O)c2ccccc2C)c1. The van der Waals surface area contributed by atoms with E-state index in [9.17, 15) is 9.59 Å². The number of amides is 2. The molecule has 2 amide bonds. The second kappa shape index (κ2) is 9.27. The van der Waals surface area contributed by atoms with Crippen molar-refractivity contribution in [1.82, 2.24) is 0 Å². The second-order valence-electron chi connectivity index (χ2n) is 7.22. The van der Waals surface area contributed by atoms with Crippen molar-refractivity contribution in [3.8, 4) is 5.75 Å². The Labute approximate surface area is 186 Å². The van der Waals surface area contributed by atoms with Crippen LogP contribution in [-0.2, 0) is 4.79 Å². The monoisotopic (exact) mass is 432 g/mol. The van der Waals surface area contributed by atoms with Crippen LogP contribution in [0.3, 0.4) is 0 Å². The van der Waals surface area contributed by atoms with Gasteiger partial charge in [0.1, 0.15) is 11.1 Å². The maximum atomic E-state index is 12.8. The van der Waals surface area contributed by atoms with Gasteiger partial charge in [0.05, 0.1) is 18.0 Å². The number of thioether (sulfide) groups is 1. The van der Waals surface area contributed by atoms with Crippen LogP contribution >= 0.6 is 11.8 Å². The van der Waals surface area contributed by atoms with Crippen LogP contribution in [0.5, 0.6) is 5.75 Å². The van der Waals surface area contributed by atoms with E-state index in [0.29, 0.717) is 29.4 Å². The summed E-state index contributed by atoms with van der Waals surface area (Å²) < 4.78 is 5.76. The average Bonchev–Trinajstić information content (AvgIpc) is 3.16. The maximum absolute atomic E-state index is 12.8. The Balaban J connectivity index is 1.62. The summed E-state index contributed by atoms with van der Waals surface area (Å²) >= 11 is 1.57. The Kier molecular flexibility index (Phi) is 6.28. The van der Waals surface area contributed by atoms with Crippen LogP contribution in [0.1, 0.15) is 33.8 Å². The van der Waals surface area contributed by atoms with Gasteiger partial charge in [-0.25, -0.2) is 0 Å². The van der Waals surface area contributed by atoms with E-state index in [-0.39, 0.29) is 17.2 Å². The summed E-state index contributed by atoms with van der Waals surface area (Å²) in [6.07, 6.45) is 0. The lowest BCUT2D eigenvalue weighted by molar-refractivity contribution is -0.115. The molecule has 1 aliphatic rings. The number of rotatable bonds is 6. The highest BCUT2D eigenvalue weighted by atomic mass is 32.2. The van der Waals surface area contributed by atoms with Gasteiger partial charge in [0.2, 0.25) is 5.91 Å². The van der Waals surface area contributed by atoms with Crippen molar-refractivity contribution in [1.29, 1.82) is 0 Å². The standard InChI is InChI=1S/C25H24N2O3S/c1-3-30-22-14-7-6-13-21(22)27-23(28)16-31-25(27)18-10-8-11-19(15-18)26-24(29)20-12-5-4-9-17(20)2/h4-15,25H,3,16H2,1-2H3,(H,26,29). The summed E-state index contributed by atoms with van der Waals surface area (Å²) in [4.78, 5) is 27.3. The molecule has 158 valence electrons. The zero-order valence-electron chi connectivity index (χ0n) is 17.5. The van der Waals surface area contributed by atoms with Crippen molar-refractivity contribution >= 4 is 35.0 Å². The molecule has 0 saturated carbocycles. The van der Waals surface area contributed by atoms with E-state index in [1.54, 1.807) is 16.7 Å². The van der Waals surface area contributed by atoms with Crippen LogP contribution in [0.4, 0.5) is 11.4 Å². The topological polar surface area (TPSA) is 58.6 Å². The third kappa shape index (κ3) is 4.44. The molecule has 0 bridgehead atoms. The van der Waals surface area contributed by atoms with Crippen molar-refractivity contribution in [2.24, 2.45) is 0 Å². The number of nitrogens with one attached hydrogen (secondary N) is 1. The zero-order chi connectivity index (χ0) is 21.8. The van der Waals surface area contributed by atoms with Crippen LogP contribution in [0.25, 0.3) is 0 Å². The number of hydrogen-bond acceptors (Lipinski definition) is 4. The molecule has 3 aromatic carbocycles. The first kappa shape index (κ1) is 21.0. The summed E-state index contributed by atoms with van der Waals surface area (Å²) in [6.45, 7) is 4.37. The van der Waals surface area contributed by atoms with Gasteiger partial charge < -0.3 is 10.1 Å². The quantitative estimate of drug-likeness (QED) is 0.565. The van der Waals surface area contributed by atoms with E-state index in [4.69, 9.17) is 4.74 Å². The van der Waals surface area contributed by atoms with Crippen molar-refractivity contribution in [2.45, 2.75) is 19.2 Å². The van der Waals surface area contributed by atoms with Crippen molar-refractivity contribution in [3.05, 3.63) is 89.5 Å². The summed E-state index contributed by atoms with van der Waals surface area (Å²) in [5.74, 6) is 0.973. The fourth-order valence-electron chi connectivity index (χ4n) is 3.66. The van der Waals surface area contributed by atoms with Crippen LogP contribution in [0.15, 0.2) is 72.8 Å². The van der Waals surface area contributed by atoms with Crippen LogP contribution in [0, 0.1) is 6.92 Å². The Bertz CT molecular complexity index is 1120. The molecule has 1 saturated heterocycles. The number of benzene rings is 3. The van der Waals surface area contributed by atoms with Gasteiger partial charge in [0.15, 0.2) is 0 Å². The molecule has 4 rings (SSSR count). The largest absolute Gasteiger partial charge is 0.492 e. The predicted octanol–water partition coefficient (Wildman–Crippen LogP) is 5.42. The summed E-state index contributed by atoms with van der Waals surface area (Å²) in [7, 11) is 0. The molecule has 1 unspecified atom stereocenters. The molecule has 1 atom stereocenters. The minimum Gasteiger partial charge on any atom is -0.492 e. The van der Waals surface area contributed by atoms with Crippen molar-refractivity contribution < 1.29 is 14.3 Å². The number of hydrogen-bond donors (Lipinski definition) is 1. The van der Waals surface area contributed by atoms with Crippen LogP contribution < -0.4 is 15.0 Å². The summed E-state index contributed by atoms with van der Waals surface area (Å²) in [5.41, 5.74) is 3.98. The first-order valence-corrected chi connectivity index (χ1v) is 11.3. The van der Waals surface area contributed by atoms with E-state index >= 15 is 0 Å². The van der Waals surface area contributed by atoms with E-state index in [2.05, 4.69) is 5.32 Å². The van der Waals surface area contributed by atoms with E-state index in [1.807, 2.05) is 86.6 Å². The predicted molar refractivity (Wildman–Crippen MR) is 126 cm³/mol. The number of ether oxygens (including phenoxy) is 1. The van der Waals surface area contributed by atoms with Crippen LogP contribution in [0.2, 0.25) is 0 Å². The first-order chi connectivity index (χ1) is 15.1. The number of aryl methyl sites for hydroxylation is 1. The fraction of sp³-hybridized carbons (Fsp3) is 0.200. The molecule has 0 radical (unpaired) electrons. The number of carbonyl (C=O) groups excluding carboxylic acids is 2. The van der Waals surface area contributed by atoms with Gasteiger partial charge >= 0.3 is 0 Å². The Morgan fingerprint density at radius 3 is 2.68 bits per heavy atom. The Morgan fingerprint density at radius 2 is 1.87 bits per heavy atom. The second-order valence-corrected chi connectivity index (χ2v) is 8.29. The minimum atomic E-state index is -0.190. The first-order valence-electron chi connectivity index (χ1n) is 10.2. The molecule has 1 fully saturated rings.